The van der Waals surface area contributed by atoms with Crippen molar-refractivity contribution in [2.75, 3.05) is 6.54 Å². The number of pyridine rings is 1. The zero-order chi connectivity index (χ0) is 17.9. The van der Waals surface area contributed by atoms with Gasteiger partial charge in [0.2, 0.25) is 5.91 Å². The second-order valence-corrected chi connectivity index (χ2v) is 7.88. The van der Waals surface area contributed by atoms with Crippen molar-refractivity contribution in [2.45, 2.75) is 50.5 Å². The molecule has 0 bridgehead atoms. The van der Waals surface area contributed by atoms with Gasteiger partial charge in [-0.15, -0.1) is 0 Å². The SMILES string of the molecule is O=C1C(C(c2ccccn2)c2ccccc2Cl)CCN1C1CCCCC1. The van der Waals surface area contributed by atoms with E-state index in [1.807, 2.05) is 42.5 Å². The number of hydrogen-bond donors (Lipinski definition) is 0. The summed E-state index contributed by atoms with van der Waals surface area (Å²) >= 11 is 6.53. The van der Waals surface area contributed by atoms with Gasteiger partial charge in [0.05, 0.1) is 5.92 Å². The Morgan fingerprint density at radius 1 is 1.00 bits per heavy atom. The molecule has 26 heavy (non-hydrogen) atoms. The third kappa shape index (κ3) is 3.37. The predicted molar refractivity (Wildman–Crippen MR) is 104 cm³/mol. The van der Waals surface area contributed by atoms with Crippen LogP contribution in [0.25, 0.3) is 0 Å². The summed E-state index contributed by atoms with van der Waals surface area (Å²) in [4.78, 5) is 20.1. The van der Waals surface area contributed by atoms with Crippen LogP contribution in [0.3, 0.4) is 0 Å². The van der Waals surface area contributed by atoms with Gasteiger partial charge in [0.15, 0.2) is 0 Å². The molecule has 2 unspecified atom stereocenters. The van der Waals surface area contributed by atoms with E-state index in [1.165, 1.54) is 19.3 Å². The van der Waals surface area contributed by atoms with E-state index in [2.05, 4.69) is 9.88 Å². The first-order valence-electron chi connectivity index (χ1n) is 9.71. The van der Waals surface area contributed by atoms with Crippen molar-refractivity contribution in [2.24, 2.45) is 5.92 Å². The molecule has 1 amide bonds. The molecule has 1 saturated heterocycles. The molecule has 136 valence electrons. The molecular formula is C22H25ClN2O. The van der Waals surface area contributed by atoms with Gasteiger partial charge in [-0.05, 0) is 43.0 Å². The van der Waals surface area contributed by atoms with E-state index < -0.39 is 0 Å². The van der Waals surface area contributed by atoms with E-state index in [1.54, 1.807) is 6.20 Å². The van der Waals surface area contributed by atoms with Crippen LogP contribution in [0.4, 0.5) is 0 Å². The van der Waals surface area contributed by atoms with E-state index in [0.717, 1.165) is 37.1 Å². The molecule has 4 rings (SSSR count). The number of likely N-dealkylation sites (tertiary alicyclic amines) is 1. The number of amides is 1. The quantitative estimate of drug-likeness (QED) is 0.756. The third-order valence-corrected chi connectivity index (χ3v) is 6.29. The molecule has 2 fully saturated rings. The molecule has 2 aromatic rings. The minimum Gasteiger partial charge on any atom is -0.339 e. The molecule has 2 aliphatic rings. The molecule has 0 radical (unpaired) electrons. The number of hydrogen-bond acceptors (Lipinski definition) is 2. The lowest BCUT2D eigenvalue weighted by Gasteiger charge is -2.32. The van der Waals surface area contributed by atoms with Gasteiger partial charge in [-0.25, -0.2) is 0 Å². The highest BCUT2D eigenvalue weighted by Gasteiger charge is 2.42. The lowest BCUT2D eigenvalue weighted by atomic mass is 9.82. The van der Waals surface area contributed by atoms with E-state index in [9.17, 15) is 4.79 Å². The molecular weight excluding hydrogens is 344 g/mol. The topological polar surface area (TPSA) is 33.2 Å². The molecule has 3 nitrogen and oxygen atoms in total. The summed E-state index contributed by atoms with van der Waals surface area (Å²) in [6, 6.07) is 14.2. The van der Waals surface area contributed by atoms with Crippen LogP contribution in [0.15, 0.2) is 48.7 Å². The van der Waals surface area contributed by atoms with Crippen molar-refractivity contribution in [3.63, 3.8) is 0 Å². The van der Waals surface area contributed by atoms with Crippen LogP contribution in [0, 0.1) is 5.92 Å². The van der Waals surface area contributed by atoms with Crippen LogP contribution in [0.1, 0.15) is 55.7 Å². The maximum atomic E-state index is 13.4. The zero-order valence-corrected chi connectivity index (χ0v) is 15.7. The Labute approximate surface area is 160 Å². The molecule has 4 heteroatoms. The Kier molecular flexibility index (Phi) is 5.26. The Morgan fingerprint density at radius 2 is 1.77 bits per heavy atom. The van der Waals surface area contributed by atoms with Crippen molar-refractivity contribution >= 4 is 17.5 Å². The van der Waals surface area contributed by atoms with Crippen molar-refractivity contribution in [3.05, 3.63) is 64.9 Å². The fourth-order valence-corrected chi connectivity index (χ4v) is 4.91. The molecule has 1 aromatic heterocycles. The standard InChI is InChI=1S/C22H25ClN2O/c23-19-11-5-4-10-17(19)21(20-12-6-7-14-24-20)18-13-15-25(22(18)26)16-8-2-1-3-9-16/h4-7,10-12,14,16,18,21H,1-3,8-9,13,15H2. The normalized spacial score (nSPS) is 22.6. The summed E-state index contributed by atoms with van der Waals surface area (Å²) in [6.45, 7) is 0.863. The van der Waals surface area contributed by atoms with Gasteiger partial charge < -0.3 is 4.90 Å². The number of halogens is 1. The Bertz CT molecular complexity index is 758. The Morgan fingerprint density at radius 3 is 2.50 bits per heavy atom. The number of carbonyl (C=O) groups excluding carboxylic acids is 1. The van der Waals surface area contributed by atoms with E-state index in [4.69, 9.17) is 11.6 Å². The summed E-state index contributed by atoms with van der Waals surface area (Å²) in [5.74, 6) is 0.130. The predicted octanol–water partition coefficient (Wildman–Crippen LogP) is 5.05. The first kappa shape index (κ1) is 17.5. The number of nitrogens with zero attached hydrogens (tertiary/aromatic N) is 2. The van der Waals surface area contributed by atoms with Gasteiger partial charge in [-0.1, -0.05) is 55.1 Å². The summed E-state index contributed by atoms with van der Waals surface area (Å²) in [6.07, 6.45) is 8.77. The number of aromatic nitrogens is 1. The van der Waals surface area contributed by atoms with E-state index in [0.29, 0.717) is 11.1 Å². The lowest BCUT2D eigenvalue weighted by Crippen LogP contribution is -2.39. The highest BCUT2D eigenvalue weighted by molar-refractivity contribution is 6.31. The van der Waals surface area contributed by atoms with Crippen LogP contribution in [0.5, 0.6) is 0 Å². The lowest BCUT2D eigenvalue weighted by molar-refractivity contribution is -0.133. The van der Waals surface area contributed by atoms with Crippen molar-refractivity contribution in [3.8, 4) is 0 Å². The van der Waals surface area contributed by atoms with Gasteiger partial charge in [-0.2, -0.15) is 0 Å². The fraction of sp³-hybridized carbons (Fsp3) is 0.455. The molecule has 1 saturated carbocycles. The summed E-state index contributed by atoms with van der Waals surface area (Å²) < 4.78 is 0. The summed E-state index contributed by atoms with van der Waals surface area (Å²) in [7, 11) is 0. The van der Waals surface area contributed by atoms with Gasteiger partial charge in [0.1, 0.15) is 0 Å². The first-order chi connectivity index (χ1) is 12.8. The largest absolute Gasteiger partial charge is 0.339 e. The van der Waals surface area contributed by atoms with E-state index >= 15 is 0 Å². The first-order valence-corrected chi connectivity index (χ1v) is 10.1. The summed E-state index contributed by atoms with van der Waals surface area (Å²) in [5, 5.41) is 0.715. The molecule has 1 aliphatic heterocycles. The smallest absolute Gasteiger partial charge is 0.227 e. The average molecular weight is 369 g/mol. The van der Waals surface area contributed by atoms with Crippen molar-refractivity contribution < 1.29 is 4.79 Å². The Balaban J connectivity index is 1.67. The average Bonchev–Trinajstić information content (AvgIpc) is 3.06. The third-order valence-electron chi connectivity index (χ3n) is 5.95. The van der Waals surface area contributed by atoms with Crippen molar-refractivity contribution in [1.29, 1.82) is 0 Å². The molecule has 0 spiro atoms. The minimum absolute atomic E-state index is 0.0771. The second kappa shape index (κ2) is 7.79. The van der Waals surface area contributed by atoms with E-state index in [-0.39, 0.29) is 17.7 Å². The van der Waals surface area contributed by atoms with Crippen LogP contribution >= 0.6 is 11.6 Å². The molecule has 2 atom stereocenters. The number of rotatable bonds is 4. The maximum Gasteiger partial charge on any atom is 0.227 e. The highest BCUT2D eigenvalue weighted by Crippen LogP contribution is 2.41. The molecule has 2 heterocycles. The van der Waals surface area contributed by atoms with Gasteiger partial charge >= 0.3 is 0 Å². The van der Waals surface area contributed by atoms with Crippen LogP contribution < -0.4 is 0 Å². The number of benzene rings is 1. The van der Waals surface area contributed by atoms with Gasteiger partial charge in [-0.3, -0.25) is 9.78 Å². The number of carbonyl (C=O) groups is 1. The fourth-order valence-electron chi connectivity index (χ4n) is 4.66. The van der Waals surface area contributed by atoms with Crippen LogP contribution in [-0.4, -0.2) is 28.4 Å². The van der Waals surface area contributed by atoms with Crippen molar-refractivity contribution in [1.82, 2.24) is 9.88 Å². The second-order valence-electron chi connectivity index (χ2n) is 7.47. The monoisotopic (exact) mass is 368 g/mol. The highest BCUT2D eigenvalue weighted by atomic mass is 35.5. The van der Waals surface area contributed by atoms with Crippen LogP contribution in [0.2, 0.25) is 5.02 Å². The van der Waals surface area contributed by atoms with Gasteiger partial charge in [0.25, 0.3) is 0 Å². The molecule has 1 aromatic carbocycles. The molecule has 1 aliphatic carbocycles. The van der Waals surface area contributed by atoms with Gasteiger partial charge in [0, 0.05) is 35.4 Å². The minimum atomic E-state index is -0.0778. The summed E-state index contributed by atoms with van der Waals surface area (Å²) in [5.41, 5.74) is 1.95. The maximum absolute atomic E-state index is 13.4. The zero-order valence-electron chi connectivity index (χ0n) is 15.0. The molecule has 0 N–H and O–H groups in total. The van der Waals surface area contributed by atoms with Crippen LogP contribution in [-0.2, 0) is 4.79 Å². The Hall–Kier alpha value is -1.87.